The van der Waals surface area contributed by atoms with Gasteiger partial charge in [-0.2, -0.15) is 0 Å². The van der Waals surface area contributed by atoms with E-state index < -0.39 is 0 Å². The van der Waals surface area contributed by atoms with Crippen LogP contribution in [0.2, 0.25) is 0 Å². The molecule has 1 aromatic carbocycles. The monoisotopic (exact) mass is 341 g/mol. The second kappa shape index (κ2) is 8.44. The molecular weight excluding hydrogens is 322 g/mol. The number of anilines is 2. The lowest BCUT2D eigenvalue weighted by atomic mass is 10.2. The maximum atomic E-state index is 12.2. The maximum absolute atomic E-state index is 12.2. The van der Waals surface area contributed by atoms with Crippen LogP contribution in [0, 0.1) is 0 Å². The zero-order valence-corrected chi connectivity index (χ0v) is 13.7. The second-order valence-electron chi connectivity index (χ2n) is 5.21. The molecule has 8 nitrogen and oxygen atoms in total. The average Bonchev–Trinajstić information content (AvgIpc) is 2.60. The number of benzene rings is 1. The van der Waals surface area contributed by atoms with Crippen LogP contribution in [0.15, 0.2) is 42.6 Å². The number of hydrogen-bond donors (Lipinski definition) is 4. The molecule has 0 bridgehead atoms. The Morgan fingerprint density at radius 1 is 1.00 bits per heavy atom. The Bertz CT molecular complexity index is 774. The molecule has 0 saturated carbocycles. The molecule has 3 amide bonds. The number of carbonyl (C=O) groups is 3. The van der Waals surface area contributed by atoms with Crippen LogP contribution in [-0.2, 0) is 4.79 Å². The number of hydrogen-bond acceptors (Lipinski definition) is 5. The first-order chi connectivity index (χ1) is 12.0. The van der Waals surface area contributed by atoms with Crippen LogP contribution in [0.5, 0.6) is 0 Å². The summed E-state index contributed by atoms with van der Waals surface area (Å²) in [5.74, 6) is -0.922. The molecular formula is C17H19N5O3. The molecule has 0 atom stereocenters. The van der Waals surface area contributed by atoms with E-state index >= 15 is 0 Å². The molecule has 25 heavy (non-hydrogen) atoms. The van der Waals surface area contributed by atoms with E-state index in [1.165, 1.54) is 25.3 Å². The smallest absolute Gasteiger partial charge is 0.269 e. The summed E-state index contributed by atoms with van der Waals surface area (Å²) < 4.78 is 0. The number of nitrogens with zero attached hydrogens (tertiary/aromatic N) is 1. The molecule has 2 aromatic rings. The second-order valence-corrected chi connectivity index (χ2v) is 5.21. The van der Waals surface area contributed by atoms with Crippen molar-refractivity contribution in [2.75, 3.05) is 24.1 Å². The Balaban J connectivity index is 1.92. The molecule has 0 saturated heterocycles. The van der Waals surface area contributed by atoms with Gasteiger partial charge in [0.2, 0.25) is 5.91 Å². The molecule has 2 rings (SSSR count). The van der Waals surface area contributed by atoms with Gasteiger partial charge in [-0.3, -0.25) is 19.4 Å². The molecule has 0 unspecified atom stereocenters. The van der Waals surface area contributed by atoms with Crippen molar-refractivity contribution in [2.24, 2.45) is 0 Å². The van der Waals surface area contributed by atoms with Crippen molar-refractivity contribution in [3.05, 3.63) is 53.9 Å². The van der Waals surface area contributed by atoms with Crippen LogP contribution < -0.4 is 21.7 Å². The number of nitrogen functional groups attached to an aromatic ring is 1. The summed E-state index contributed by atoms with van der Waals surface area (Å²) >= 11 is 0. The number of rotatable bonds is 6. The maximum Gasteiger partial charge on any atom is 0.269 e. The van der Waals surface area contributed by atoms with E-state index in [1.54, 1.807) is 24.3 Å². The number of para-hydroxylation sites is 2. The lowest BCUT2D eigenvalue weighted by molar-refractivity contribution is -0.118. The Labute approximate surface area is 144 Å². The van der Waals surface area contributed by atoms with Crippen LogP contribution >= 0.6 is 0 Å². The van der Waals surface area contributed by atoms with Crippen LogP contribution in [0.1, 0.15) is 27.8 Å². The van der Waals surface area contributed by atoms with E-state index in [0.717, 1.165) is 0 Å². The van der Waals surface area contributed by atoms with Gasteiger partial charge in [0.1, 0.15) is 5.69 Å². The SMILES string of the molecule is CC(=O)NCCNC(=O)c1ccc(C(=O)Nc2ccccc2N)cn1. The minimum Gasteiger partial charge on any atom is -0.397 e. The van der Waals surface area contributed by atoms with Gasteiger partial charge < -0.3 is 21.7 Å². The van der Waals surface area contributed by atoms with E-state index in [2.05, 4.69) is 20.9 Å². The molecule has 0 spiro atoms. The van der Waals surface area contributed by atoms with Gasteiger partial charge in [-0.05, 0) is 24.3 Å². The summed E-state index contributed by atoms with van der Waals surface area (Å²) in [7, 11) is 0. The first kappa shape index (κ1) is 17.9. The van der Waals surface area contributed by atoms with Crippen molar-refractivity contribution in [3.8, 4) is 0 Å². The van der Waals surface area contributed by atoms with Gasteiger partial charge in [0.05, 0.1) is 16.9 Å². The van der Waals surface area contributed by atoms with Crippen molar-refractivity contribution >= 4 is 29.1 Å². The number of pyridine rings is 1. The zero-order chi connectivity index (χ0) is 18.2. The van der Waals surface area contributed by atoms with Crippen LogP contribution in [0.25, 0.3) is 0 Å². The minimum atomic E-state index is -0.385. The Morgan fingerprint density at radius 2 is 1.72 bits per heavy atom. The standard InChI is InChI=1S/C17H19N5O3/c1-11(23)19-8-9-20-17(25)15-7-6-12(10-21-15)16(24)22-14-5-3-2-4-13(14)18/h2-7,10H,8-9,18H2,1H3,(H,19,23)(H,20,25)(H,22,24). The summed E-state index contributed by atoms with van der Waals surface area (Å²) in [6.45, 7) is 2.02. The fourth-order valence-corrected chi connectivity index (χ4v) is 1.97. The van der Waals surface area contributed by atoms with Crippen LogP contribution in [0.3, 0.4) is 0 Å². The van der Waals surface area contributed by atoms with Gasteiger partial charge in [-0.25, -0.2) is 0 Å². The van der Waals surface area contributed by atoms with E-state index in [9.17, 15) is 14.4 Å². The number of aromatic nitrogens is 1. The van der Waals surface area contributed by atoms with E-state index in [-0.39, 0.29) is 30.0 Å². The number of nitrogens with two attached hydrogens (primary N) is 1. The van der Waals surface area contributed by atoms with Crippen molar-refractivity contribution in [2.45, 2.75) is 6.92 Å². The number of carbonyl (C=O) groups excluding carboxylic acids is 3. The predicted octanol–water partition coefficient (Wildman–Crippen LogP) is 0.782. The molecule has 8 heteroatoms. The highest BCUT2D eigenvalue weighted by molar-refractivity contribution is 6.05. The van der Waals surface area contributed by atoms with Crippen molar-refractivity contribution in [3.63, 3.8) is 0 Å². The highest BCUT2D eigenvalue weighted by Gasteiger charge is 2.11. The zero-order valence-electron chi connectivity index (χ0n) is 13.7. The Morgan fingerprint density at radius 3 is 2.36 bits per heavy atom. The molecule has 0 radical (unpaired) electrons. The fourth-order valence-electron chi connectivity index (χ4n) is 1.97. The number of amides is 3. The summed E-state index contributed by atoms with van der Waals surface area (Å²) in [6.07, 6.45) is 1.32. The molecule has 5 N–H and O–H groups in total. The van der Waals surface area contributed by atoms with Crippen molar-refractivity contribution in [1.29, 1.82) is 0 Å². The molecule has 1 heterocycles. The van der Waals surface area contributed by atoms with E-state index in [4.69, 9.17) is 5.73 Å². The van der Waals surface area contributed by atoms with Gasteiger partial charge >= 0.3 is 0 Å². The Hall–Kier alpha value is -3.42. The topological polar surface area (TPSA) is 126 Å². The number of nitrogens with one attached hydrogen (secondary N) is 3. The highest BCUT2D eigenvalue weighted by atomic mass is 16.2. The first-order valence-corrected chi connectivity index (χ1v) is 7.62. The quantitative estimate of drug-likeness (QED) is 0.456. The summed E-state index contributed by atoms with van der Waals surface area (Å²) in [5, 5.41) is 7.87. The lowest BCUT2D eigenvalue weighted by Crippen LogP contribution is -2.34. The van der Waals surface area contributed by atoms with Crippen LogP contribution in [-0.4, -0.2) is 35.8 Å². The van der Waals surface area contributed by atoms with E-state index in [1.807, 2.05) is 0 Å². The van der Waals surface area contributed by atoms with Gasteiger partial charge in [-0.15, -0.1) is 0 Å². The summed E-state index contributed by atoms with van der Waals surface area (Å²) in [4.78, 5) is 38.8. The van der Waals surface area contributed by atoms with E-state index in [0.29, 0.717) is 23.5 Å². The first-order valence-electron chi connectivity index (χ1n) is 7.62. The van der Waals surface area contributed by atoms with Gasteiger partial charge in [-0.1, -0.05) is 12.1 Å². The molecule has 1 aromatic heterocycles. The fraction of sp³-hybridized carbons (Fsp3) is 0.176. The third-order valence-electron chi connectivity index (χ3n) is 3.25. The molecule has 130 valence electrons. The van der Waals surface area contributed by atoms with Gasteiger partial charge in [0.15, 0.2) is 0 Å². The van der Waals surface area contributed by atoms with Crippen LogP contribution in [0.4, 0.5) is 11.4 Å². The summed E-state index contributed by atoms with van der Waals surface area (Å²) in [6, 6.07) is 9.87. The summed E-state index contributed by atoms with van der Waals surface area (Å²) in [5.41, 5.74) is 7.23. The molecule has 0 aliphatic carbocycles. The van der Waals surface area contributed by atoms with Gasteiger partial charge in [0.25, 0.3) is 11.8 Å². The third kappa shape index (κ3) is 5.31. The largest absolute Gasteiger partial charge is 0.397 e. The lowest BCUT2D eigenvalue weighted by Gasteiger charge is -2.08. The van der Waals surface area contributed by atoms with Gasteiger partial charge in [0, 0.05) is 26.2 Å². The van der Waals surface area contributed by atoms with Crippen molar-refractivity contribution in [1.82, 2.24) is 15.6 Å². The predicted molar refractivity (Wildman–Crippen MR) is 94.1 cm³/mol. The third-order valence-corrected chi connectivity index (χ3v) is 3.25. The normalized spacial score (nSPS) is 9.96. The average molecular weight is 341 g/mol. The molecule has 0 fully saturated rings. The highest BCUT2D eigenvalue weighted by Crippen LogP contribution is 2.17. The van der Waals surface area contributed by atoms with Crippen molar-refractivity contribution < 1.29 is 14.4 Å². The molecule has 0 aliphatic rings. The minimum absolute atomic E-state index is 0.165. The molecule has 0 aliphatic heterocycles. The Kier molecular flexibility index (Phi) is 6.05.